The van der Waals surface area contributed by atoms with Gasteiger partial charge in [-0.15, -0.1) is 10.2 Å². The molecule has 4 nitrogen and oxygen atoms in total. The van der Waals surface area contributed by atoms with E-state index in [0.29, 0.717) is 23.3 Å². The maximum Gasteiger partial charge on any atom is 0.161 e. The summed E-state index contributed by atoms with van der Waals surface area (Å²) in [5.74, 6) is 1.41. The Hall–Kier alpha value is -1.81. The number of rotatable bonds is 5. The van der Waals surface area contributed by atoms with Crippen LogP contribution in [0.5, 0.6) is 11.5 Å². The lowest BCUT2D eigenvalue weighted by Gasteiger charge is -2.11. The molecule has 0 N–H and O–H groups in total. The highest BCUT2D eigenvalue weighted by Gasteiger charge is 2.08. The summed E-state index contributed by atoms with van der Waals surface area (Å²) in [7, 11) is 1.62. The highest BCUT2D eigenvalue weighted by atomic mass is 35.5. The van der Waals surface area contributed by atoms with Crippen molar-refractivity contribution in [3.63, 3.8) is 0 Å². The molecule has 0 fully saturated rings. The molecule has 19 heavy (non-hydrogen) atoms. The van der Waals surface area contributed by atoms with Crippen LogP contribution in [-0.4, -0.2) is 23.9 Å². The summed E-state index contributed by atoms with van der Waals surface area (Å²) in [5.41, 5.74) is 1.66. The zero-order valence-corrected chi connectivity index (χ0v) is 11.6. The first kappa shape index (κ1) is 13.6. The topological polar surface area (TPSA) is 44.2 Å². The summed E-state index contributed by atoms with van der Waals surface area (Å²) in [4.78, 5) is 0. The number of halogens is 1. The van der Waals surface area contributed by atoms with Crippen LogP contribution in [-0.2, 0) is 0 Å². The number of nitrogens with zero attached hydrogens (tertiary/aromatic N) is 2. The molecule has 2 rings (SSSR count). The van der Waals surface area contributed by atoms with E-state index >= 15 is 0 Å². The fourth-order valence-corrected chi connectivity index (χ4v) is 1.73. The molecular weight excluding hydrogens is 264 g/mol. The predicted octanol–water partition coefficient (Wildman–Crippen LogP) is 3.59. The Bertz CT molecular complexity index is 544. The largest absolute Gasteiger partial charge is 0.493 e. The minimum atomic E-state index is 0.375. The van der Waals surface area contributed by atoms with Crippen molar-refractivity contribution in [3.8, 4) is 22.8 Å². The van der Waals surface area contributed by atoms with Crippen molar-refractivity contribution in [2.45, 2.75) is 13.3 Å². The van der Waals surface area contributed by atoms with Crippen molar-refractivity contribution < 1.29 is 9.47 Å². The van der Waals surface area contributed by atoms with Gasteiger partial charge in [0.1, 0.15) is 0 Å². The zero-order chi connectivity index (χ0) is 13.7. The fourth-order valence-electron chi connectivity index (χ4n) is 1.63. The third-order valence-corrected chi connectivity index (χ3v) is 2.75. The quantitative estimate of drug-likeness (QED) is 0.838. The molecule has 0 atom stereocenters. The molecule has 1 heterocycles. The third kappa shape index (κ3) is 3.35. The second-order valence-corrected chi connectivity index (χ2v) is 4.34. The summed E-state index contributed by atoms with van der Waals surface area (Å²) in [6, 6.07) is 9.19. The molecule has 0 bridgehead atoms. The van der Waals surface area contributed by atoms with Crippen LogP contribution in [0.2, 0.25) is 5.15 Å². The van der Waals surface area contributed by atoms with Crippen molar-refractivity contribution in [2.75, 3.05) is 13.7 Å². The van der Waals surface area contributed by atoms with Crippen molar-refractivity contribution >= 4 is 11.6 Å². The molecule has 0 saturated carbocycles. The van der Waals surface area contributed by atoms with E-state index in [9.17, 15) is 0 Å². The Balaban J connectivity index is 2.33. The molecular formula is C14H15ClN2O2. The Kier molecular flexibility index (Phi) is 4.58. The van der Waals surface area contributed by atoms with E-state index < -0.39 is 0 Å². The van der Waals surface area contributed by atoms with Crippen LogP contribution in [0.3, 0.4) is 0 Å². The predicted molar refractivity (Wildman–Crippen MR) is 74.8 cm³/mol. The maximum atomic E-state index is 5.73. The molecule has 0 amide bonds. The maximum absolute atomic E-state index is 5.73. The summed E-state index contributed by atoms with van der Waals surface area (Å²) in [5, 5.41) is 8.26. The first-order chi connectivity index (χ1) is 9.24. The molecule has 0 radical (unpaired) electrons. The number of methoxy groups -OCH3 is 1. The van der Waals surface area contributed by atoms with E-state index in [1.54, 1.807) is 13.2 Å². The highest BCUT2D eigenvalue weighted by molar-refractivity contribution is 6.29. The molecule has 0 unspecified atom stereocenters. The monoisotopic (exact) mass is 278 g/mol. The lowest BCUT2D eigenvalue weighted by molar-refractivity contribution is 0.294. The molecule has 5 heteroatoms. The van der Waals surface area contributed by atoms with Gasteiger partial charge >= 0.3 is 0 Å². The van der Waals surface area contributed by atoms with Gasteiger partial charge in [-0.05, 0) is 36.8 Å². The second kappa shape index (κ2) is 6.38. The van der Waals surface area contributed by atoms with E-state index in [1.807, 2.05) is 24.3 Å². The van der Waals surface area contributed by atoms with Crippen molar-refractivity contribution in [2.24, 2.45) is 0 Å². The van der Waals surface area contributed by atoms with Crippen LogP contribution in [0.15, 0.2) is 30.3 Å². The van der Waals surface area contributed by atoms with E-state index in [-0.39, 0.29) is 0 Å². The van der Waals surface area contributed by atoms with Crippen molar-refractivity contribution in [3.05, 3.63) is 35.5 Å². The van der Waals surface area contributed by atoms with Gasteiger partial charge in [0.25, 0.3) is 0 Å². The Morgan fingerprint density at radius 2 is 1.95 bits per heavy atom. The third-order valence-electron chi connectivity index (χ3n) is 2.55. The number of benzene rings is 1. The average Bonchev–Trinajstić information content (AvgIpc) is 2.45. The number of hydrogen-bond acceptors (Lipinski definition) is 4. The van der Waals surface area contributed by atoms with E-state index in [1.165, 1.54) is 0 Å². The van der Waals surface area contributed by atoms with Gasteiger partial charge in [0.2, 0.25) is 0 Å². The SMILES string of the molecule is CCCOc1cc(-c2ccc(Cl)nn2)ccc1OC. The summed E-state index contributed by atoms with van der Waals surface area (Å²) in [6.45, 7) is 2.70. The number of hydrogen-bond donors (Lipinski definition) is 0. The average molecular weight is 279 g/mol. The van der Waals surface area contributed by atoms with Gasteiger partial charge in [0.15, 0.2) is 16.7 Å². The van der Waals surface area contributed by atoms with Crippen LogP contribution in [0, 0.1) is 0 Å². The molecule has 1 aromatic carbocycles. The normalized spacial score (nSPS) is 10.3. The van der Waals surface area contributed by atoms with Gasteiger partial charge < -0.3 is 9.47 Å². The van der Waals surface area contributed by atoms with Crippen molar-refractivity contribution in [1.29, 1.82) is 0 Å². The summed E-state index contributed by atoms with van der Waals surface area (Å²) < 4.78 is 10.9. The van der Waals surface area contributed by atoms with Gasteiger partial charge in [-0.3, -0.25) is 0 Å². The second-order valence-electron chi connectivity index (χ2n) is 3.96. The van der Waals surface area contributed by atoms with E-state index in [4.69, 9.17) is 21.1 Å². The lowest BCUT2D eigenvalue weighted by atomic mass is 10.1. The van der Waals surface area contributed by atoms with Crippen LogP contribution in [0.1, 0.15) is 13.3 Å². The van der Waals surface area contributed by atoms with Crippen LogP contribution in [0.4, 0.5) is 0 Å². The Morgan fingerprint density at radius 1 is 1.11 bits per heavy atom. The van der Waals surface area contributed by atoms with Crippen LogP contribution >= 0.6 is 11.6 Å². The minimum absolute atomic E-state index is 0.375. The van der Waals surface area contributed by atoms with E-state index in [2.05, 4.69) is 17.1 Å². The van der Waals surface area contributed by atoms with E-state index in [0.717, 1.165) is 17.7 Å². The Labute approximate surface area is 117 Å². The van der Waals surface area contributed by atoms with Gasteiger partial charge in [-0.2, -0.15) is 0 Å². The van der Waals surface area contributed by atoms with Crippen LogP contribution in [0.25, 0.3) is 11.3 Å². The fraction of sp³-hybridized carbons (Fsp3) is 0.286. The van der Waals surface area contributed by atoms with Gasteiger partial charge in [0.05, 0.1) is 19.4 Å². The molecule has 0 saturated heterocycles. The minimum Gasteiger partial charge on any atom is -0.493 e. The number of aromatic nitrogens is 2. The molecule has 2 aromatic rings. The lowest BCUT2D eigenvalue weighted by Crippen LogP contribution is -1.98. The first-order valence-electron chi connectivity index (χ1n) is 6.05. The van der Waals surface area contributed by atoms with Gasteiger partial charge in [-0.25, -0.2) is 0 Å². The van der Waals surface area contributed by atoms with Gasteiger partial charge in [0, 0.05) is 5.56 Å². The molecule has 100 valence electrons. The smallest absolute Gasteiger partial charge is 0.161 e. The zero-order valence-electron chi connectivity index (χ0n) is 10.9. The molecule has 0 spiro atoms. The summed E-state index contributed by atoms with van der Waals surface area (Å²) >= 11 is 5.73. The number of ether oxygens (including phenoxy) is 2. The first-order valence-corrected chi connectivity index (χ1v) is 6.43. The molecule has 0 aliphatic heterocycles. The molecule has 1 aromatic heterocycles. The highest BCUT2D eigenvalue weighted by Crippen LogP contribution is 2.31. The Morgan fingerprint density at radius 3 is 2.58 bits per heavy atom. The molecule has 0 aliphatic carbocycles. The standard InChI is InChI=1S/C14H15ClN2O2/c1-3-8-19-13-9-10(4-6-12(13)18-2)11-5-7-14(15)17-16-11/h4-7,9H,3,8H2,1-2H3. The van der Waals surface area contributed by atoms with Crippen LogP contribution < -0.4 is 9.47 Å². The summed E-state index contributed by atoms with van der Waals surface area (Å²) in [6.07, 6.45) is 0.939. The van der Waals surface area contributed by atoms with Gasteiger partial charge in [-0.1, -0.05) is 18.5 Å². The van der Waals surface area contributed by atoms with Crippen molar-refractivity contribution in [1.82, 2.24) is 10.2 Å². The molecule has 0 aliphatic rings.